The summed E-state index contributed by atoms with van der Waals surface area (Å²) in [4.78, 5) is 23.5. The van der Waals surface area contributed by atoms with Gasteiger partial charge in [0.1, 0.15) is 24.0 Å². The molecular formula is C25H20ClN3O3. The summed E-state index contributed by atoms with van der Waals surface area (Å²) in [6.45, 7) is 1.75. The van der Waals surface area contributed by atoms with Crippen molar-refractivity contribution < 1.29 is 14.3 Å². The Hall–Kier alpha value is -4.08. The molecule has 0 spiro atoms. The van der Waals surface area contributed by atoms with Crippen molar-refractivity contribution in [2.75, 3.05) is 10.6 Å². The maximum absolute atomic E-state index is 12.5. The molecule has 0 aliphatic rings. The van der Waals surface area contributed by atoms with Gasteiger partial charge in [-0.3, -0.25) is 9.59 Å². The van der Waals surface area contributed by atoms with E-state index >= 15 is 0 Å². The zero-order chi connectivity index (χ0) is 22.9. The lowest BCUT2D eigenvalue weighted by molar-refractivity contribution is -0.114. The van der Waals surface area contributed by atoms with E-state index in [0.717, 1.165) is 5.56 Å². The average molecular weight is 446 g/mol. The molecule has 3 rings (SSSR count). The first-order chi connectivity index (χ1) is 15.4. The maximum atomic E-state index is 12.5. The van der Waals surface area contributed by atoms with E-state index < -0.39 is 5.91 Å². The molecule has 0 aliphatic heterocycles. The minimum Gasteiger partial charge on any atom is -0.489 e. The number of nitrogens with one attached hydrogen (secondary N) is 2. The average Bonchev–Trinajstić information content (AvgIpc) is 2.78. The number of hydrogen-bond donors (Lipinski definition) is 2. The Morgan fingerprint density at radius 2 is 1.59 bits per heavy atom. The number of benzene rings is 3. The first-order valence-electron chi connectivity index (χ1n) is 9.71. The van der Waals surface area contributed by atoms with Crippen molar-refractivity contribution >= 4 is 40.9 Å². The van der Waals surface area contributed by atoms with E-state index in [4.69, 9.17) is 16.3 Å². The molecule has 2 N–H and O–H groups in total. The van der Waals surface area contributed by atoms with Crippen molar-refractivity contribution in [3.8, 4) is 11.8 Å². The standard InChI is InChI=1S/C25H20ClN3O3/c1-17(30)28-21-8-10-22(11-9-21)29-25(31)20(15-27)14-18-6-12-23(13-7-18)32-16-19-4-2-3-5-24(19)26/h2-14H,16H2,1H3,(H,28,30)(H,29,31). The van der Waals surface area contributed by atoms with Gasteiger partial charge in [0.2, 0.25) is 5.91 Å². The molecule has 0 aromatic heterocycles. The largest absolute Gasteiger partial charge is 0.489 e. The summed E-state index contributed by atoms with van der Waals surface area (Å²) < 4.78 is 5.74. The van der Waals surface area contributed by atoms with E-state index in [1.54, 1.807) is 54.6 Å². The van der Waals surface area contributed by atoms with Gasteiger partial charge in [-0.15, -0.1) is 0 Å². The Balaban J connectivity index is 1.62. The van der Waals surface area contributed by atoms with Crippen LogP contribution in [0.2, 0.25) is 5.02 Å². The maximum Gasteiger partial charge on any atom is 0.266 e. The second-order valence-electron chi connectivity index (χ2n) is 6.83. The normalized spacial score (nSPS) is 10.7. The lowest BCUT2D eigenvalue weighted by Gasteiger charge is -2.08. The molecule has 3 aromatic rings. The zero-order valence-corrected chi connectivity index (χ0v) is 18.0. The van der Waals surface area contributed by atoms with Crippen LogP contribution in [-0.4, -0.2) is 11.8 Å². The predicted octanol–water partition coefficient (Wildman–Crippen LogP) is 5.42. The first-order valence-corrected chi connectivity index (χ1v) is 10.1. The molecule has 0 bridgehead atoms. The molecule has 0 fully saturated rings. The van der Waals surface area contributed by atoms with E-state index in [9.17, 15) is 14.9 Å². The molecule has 0 radical (unpaired) electrons. The van der Waals surface area contributed by atoms with E-state index in [2.05, 4.69) is 10.6 Å². The monoisotopic (exact) mass is 445 g/mol. The second-order valence-corrected chi connectivity index (χ2v) is 7.24. The molecule has 0 saturated heterocycles. The van der Waals surface area contributed by atoms with Crippen LogP contribution < -0.4 is 15.4 Å². The van der Waals surface area contributed by atoms with Crippen molar-refractivity contribution in [3.63, 3.8) is 0 Å². The number of halogens is 1. The molecule has 0 saturated carbocycles. The highest BCUT2D eigenvalue weighted by Crippen LogP contribution is 2.20. The zero-order valence-electron chi connectivity index (χ0n) is 17.3. The molecule has 32 heavy (non-hydrogen) atoms. The van der Waals surface area contributed by atoms with Crippen LogP contribution in [0, 0.1) is 11.3 Å². The molecule has 3 aromatic carbocycles. The molecular weight excluding hydrogens is 426 g/mol. The topological polar surface area (TPSA) is 91.2 Å². The van der Waals surface area contributed by atoms with Gasteiger partial charge >= 0.3 is 0 Å². The van der Waals surface area contributed by atoms with Crippen LogP contribution in [0.5, 0.6) is 5.75 Å². The van der Waals surface area contributed by atoms with Gasteiger partial charge in [-0.25, -0.2) is 0 Å². The smallest absolute Gasteiger partial charge is 0.266 e. The van der Waals surface area contributed by atoms with Crippen LogP contribution in [0.1, 0.15) is 18.1 Å². The van der Waals surface area contributed by atoms with Gasteiger partial charge in [0, 0.05) is 28.9 Å². The van der Waals surface area contributed by atoms with Crippen LogP contribution in [0.4, 0.5) is 11.4 Å². The molecule has 160 valence electrons. The number of ether oxygens (including phenoxy) is 1. The second kappa shape index (κ2) is 10.8. The fraction of sp³-hybridized carbons (Fsp3) is 0.0800. The SMILES string of the molecule is CC(=O)Nc1ccc(NC(=O)C(C#N)=Cc2ccc(OCc3ccccc3Cl)cc2)cc1. The third-order valence-corrected chi connectivity index (χ3v) is 4.74. The molecule has 7 heteroatoms. The molecule has 2 amide bonds. The summed E-state index contributed by atoms with van der Waals surface area (Å²) in [6, 6.07) is 23.0. The van der Waals surface area contributed by atoms with Crippen molar-refractivity contribution in [2.45, 2.75) is 13.5 Å². The van der Waals surface area contributed by atoms with Crippen molar-refractivity contribution in [3.05, 3.63) is 94.5 Å². The minimum absolute atomic E-state index is 0.0410. The van der Waals surface area contributed by atoms with E-state index in [0.29, 0.717) is 34.3 Å². The fourth-order valence-electron chi connectivity index (χ4n) is 2.79. The number of carbonyl (C=O) groups is 2. The highest BCUT2D eigenvalue weighted by molar-refractivity contribution is 6.31. The fourth-order valence-corrected chi connectivity index (χ4v) is 2.98. The van der Waals surface area contributed by atoms with Crippen LogP contribution in [0.3, 0.4) is 0 Å². The lowest BCUT2D eigenvalue weighted by Crippen LogP contribution is -2.13. The van der Waals surface area contributed by atoms with Gasteiger partial charge in [0.05, 0.1) is 0 Å². The number of carbonyl (C=O) groups excluding carboxylic acids is 2. The Bertz CT molecular complexity index is 1180. The summed E-state index contributed by atoms with van der Waals surface area (Å²) in [7, 11) is 0. The van der Waals surface area contributed by atoms with E-state index in [-0.39, 0.29) is 11.5 Å². The minimum atomic E-state index is -0.529. The molecule has 0 aliphatic carbocycles. The van der Waals surface area contributed by atoms with Crippen molar-refractivity contribution in [1.29, 1.82) is 5.26 Å². The third-order valence-electron chi connectivity index (χ3n) is 4.37. The Morgan fingerprint density at radius 1 is 0.969 bits per heavy atom. The van der Waals surface area contributed by atoms with Gasteiger partial charge in [-0.05, 0) is 54.1 Å². The third kappa shape index (κ3) is 6.46. The van der Waals surface area contributed by atoms with Gasteiger partial charge in [0.15, 0.2) is 0 Å². The number of anilines is 2. The van der Waals surface area contributed by atoms with Crippen LogP contribution in [0.15, 0.2) is 78.4 Å². The summed E-state index contributed by atoms with van der Waals surface area (Å²) in [6.07, 6.45) is 1.50. The van der Waals surface area contributed by atoms with E-state index in [1.165, 1.54) is 13.0 Å². The van der Waals surface area contributed by atoms with Gasteiger partial charge in [0.25, 0.3) is 5.91 Å². The Morgan fingerprint density at radius 3 is 2.19 bits per heavy atom. The molecule has 0 atom stereocenters. The van der Waals surface area contributed by atoms with Gasteiger partial charge in [-0.2, -0.15) is 5.26 Å². The summed E-state index contributed by atoms with van der Waals surface area (Å²) in [5, 5.41) is 15.4. The molecule has 0 heterocycles. The van der Waals surface area contributed by atoms with Crippen LogP contribution in [-0.2, 0) is 16.2 Å². The van der Waals surface area contributed by atoms with Gasteiger partial charge < -0.3 is 15.4 Å². The quantitative estimate of drug-likeness (QED) is 0.375. The van der Waals surface area contributed by atoms with Crippen molar-refractivity contribution in [2.24, 2.45) is 0 Å². The summed E-state index contributed by atoms with van der Waals surface area (Å²) in [5.41, 5.74) is 2.65. The Kier molecular flexibility index (Phi) is 7.63. The number of amides is 2. The number of hydrogen-bond acceptors (Lipinski definition) is 4. The van der Waals surface area contributed by atoms with E-state index in [1.807, 2.05) is 24.3 Å². The number of nitriles is 1. The predicted molar refractivity (Wildman–Crippen MR) is 125 cm³/mol. The van der Waals surface area contributed by atoms with Crippen LogP contribution in [0.25, 0.3) is 6.08 Å². The number of rotatable bonds is 7. The number of nitrogens with zero attached hydrogens (tertiary/aromatic N) is 1. The Labute approximate surface area is 191 Å². The molecule has 6 nitrogen and oxygen atoms in total. The van der Waals surface area contributed by atoms with Gasteiger partial charge in [-0.1, -0.05) is 41.9 Å². The van der Waals surface area contributed by atoms with Crippen molar-refractivity contribution in [1.82, 2.24) is 0 Å². The lowest BCUT2D eigenvalue weighted by atomic mass is 10.1. The highest BCUT2D eigenvalue weighted by Gasteiger charge is 2.10. The molecule has 0 unspecified atom stereocenters. The first kappa shape index (κ1) is 22.6. The summed E-state index contributed by atoms with van der Waals surface area (Å²) >= 11 is 6.13. The highest BCUT2D eigenvalue weighted by atomic mass is 35.5. The summed E-state index contributed by atoms with van der Waals surface area (Å²) in [5.74, 6) is -0.0696. The van der Waals surface area contributed by atoms with Crippen LogP contribution >= 0.6 is 11.6 Å².